The third kappa shape index (κ3) is 4.17. The molecule has 4 nitrogen and oxygen atoms in total. The lowest BCUT2D eigenvalue weighted by Gasteiger charge is -2.26. The Balaban J connectivity index is 2.86. The number of halogens is 1. The number of likely N-dealkylation sites (N-methyl/N-ethyl adjacent to an activating group) is 1. The van der Waals surface area contributed by atoms with Crippen LogP contribution in [0.1, 0.15) is 39.3 Å². The summed E-state index contributed by atoms with van der Waals surface area (Å²) in [4.78, 5) is 14.0. The summed E-state index contributed by atoms with van der Waals surface area (Å²) < 4.78 is 19.2. The summed E-state index contributed by atoms with van der Waals surface area (Å²) in [5.41, 5.74) is 0.444. The molecule has 0 saturated carbocycles. The number of nitrogens with one attached hydrogen (secondary N) is 1. The molecule has 2 atom stereocenters. The zero-order valence-corrected chi connectivity index (χ0v) is 13.4. The molecule has 0 spiro atoms. The highest BCUT2D eigenvalue weighted by Crippen LogP contribution is 2.27. The molecule has 0 saturated heterocycles. The number of carbonyl (C=O) groups excluding carboxylic acids is 1. The first-order valence-corrected chi connectivity index (χ1v) is 7.33. The van der Waals surface area contributed by atoms with Crippen molar-refractivity contribution >= 4 is 5.91 Å². The van der Waals surface area contributed by atoms with Gasteiger partial charge < -0.3 is 9.64 Å². The number of nitrogens with zero attached hydrogens (tertiary/aromatic N) is 1. The Bertz CT molecular complexity index is 475. The Hall–Kier alpha value is -1.62. The molecular formula is C16H25FN2O2. The van der Waals surface area contributed by atoms with Gasteiger partial charge >= 0.3 is 0 Å². The summed E-state index contributed by atoms with van der Waals surface area (Å²) in [5.74, 6) is 0.163. The molecule has 0 radical (unpaired) electrons. The van der Waals surface area contributed by atoms with Crippen molar-refractivity contribution in [2.75, 3.05) is 20.2 Å². The van der Waals surface area contributed by atoms with Gasteiger partial charge in [0.15, 0.2) is 0 Å². The largest absolute Gasteiger partial charge is 0.496 e. The van der Waals surface area contributed by atoms with E-state index in [0.717, 1.165) is 0 Å². The van der Waals surface area contributed by atoms with E-state index in [-0.39, 0.29) is 23.8 Å². The van der Waals surface area contributed by atoms with Crippen molar-refractivity contribution in [1.82, 2.24) is 10.2 Å². The minimum absolute atomic E-state index is 0.0159. The monoisotopic (exact) mass is 296 g/mol. The third-order valence-corrected chi connectivity index (χ3v) is 3.61. The van der Waals surface area contributed by atoms with Crippen LogP contribution in [0.25, 0.3) is 0 Å². The zero-order chi connectivity index (χ0) is 16.0. The SMILES string of the molecule is CCN(CC)C(=O)C(C)NC(C)c1c(F)cccc1OC. The van der Waals surface area contributed by atoms with Crippen LogP contribution >= 0.6 is 0 Å². The molecule has 5 heteroatoms. The Morgan fingerprint density at radius 3 is 2.48 bits per heavy atom. The minimum Gasteiger partial charge on any atom is -0.496 e. The second-order valence-electron chi connectivity index (χ2n) is 4.98. The van der Waals surface area contributed by atoms with Crippen molar-refractivity contribution < 1.29 is 13.9 Å². The molecule has 1 amide bonds. The Morgan fingerprint density at radius 1 is 1.33 bits per heavy atom. The van der Waals surface area contributed by atoms with Gasteiger partial charge in [0.2, 0.25) is 5.91 Å². The molecule has 1 N–H and O–H groups in total. The highest BCUT2D eigenvalue weighted by molar-refractivity contribution is 5.81. The van der Waals surface area contributed by atoms with Crippen molar-refractivity contribution in [2.24, 2.45) is 0 Å². The molecule has 0 bridgehead atoms. The van der Waals surface area contributed by atoms with Crippen molar-refractivity contribution in [3.63, 3.8) is 0 Å². The lowest BCUT2D eigenvalue weighted by Crippen LogP contribution is -2.45. The molecule has 0 aliphatic heterocycles. The molecule has 2 unspecified atom stereocenters. The topological polar surface area (TPSA) is 41.6 Å². The fourth-order valence-electron chi connectivity index (χ4n) is 2.45. The number of rotatable bonds is 7. The number of ether oxygens (including phenoxy) is 1. The molecule has 0 heterocycles. The van der Waals surface area contributed by atoms with E-state index < -0.39 is 0 Å². The fraction of sp³-hybridized carbons (Fsp3) is 0.562. The minimum atomic E-state index is -0.385. The van der Waals surface area contributed by atoms with Crippen molar-refractivity contribution in [2.45, 2.75) is 39.8 Å². The summed E-state index contributed by atoms with van der Waals surface area (Å²) in [6, 6.07) is 4.01. The maximum Gasteiger partial charge on any atom is 0.239 e. The van der Waals surface area contributed by atoms with Gasteiger partial charge in [-0.2, -0.15) is 0 Å². The number of hydrogen-bond donors (Lipinski definition) is 1. The van der Waals surface area contributed by atoms with Gasteiger partial charge in [-0.25, -0.2) is 4.39 Å². The van der Waals surface area contributed by atoms with Gasteiger partial charge in [0.05, 0.1) is 13.2 Å². The summed E-state index contributed by atoms with van der Waals surface area (Å²) in [6.45, 7) is 8.84. The van der Waals surface area contributed by atoms with Crippen LogP contribution in [0.4, 0.5) is 4.39 Å². The first-order chi connectivity index (χ1) is 9.96. The van der Waals surface area contributed by atoms with Crippen LogP contribution in [0.5, 0.6) is 5.75 Å². The molecule has 0 aliphatic carbocycles. The van der Waals surface area contributed by atoms with Gasteiger partial charge in [0.25, 0.3) is 0 Å². The van der Waals surface area contributed by atoms with Crippen molar-refractivity contribution in [3.8, 4) is 5.75 Å². The predicted octanol–water partition coefficient (Wildman–Crippen LogP) is 2.74. The van der Waals surface area contributed by atoms with E-state index in [1.54, 1.807) is 24.0 Å². The second kappa shape index (κ2) is 7.98. The summed E-state index contributed by atoms with van der Waals surface area (Å²) in [5, 5.41) is 3.15. The Labute approximate surface area is 126 Å². The average molecular weight is 296 g/mol. The van der Waals surface area contributed by atoms with Gasteiger partial charge in [0.1, 0.15) is 11.6 Å². The van der Waals surface area contributed by atoms with E-state index in [9.17, 15) is 9.18 Å². The van der Waals surface area contributed by atoms with Gasteiger partial charge in [0, 0.05) is 24.7 Å². The van der Waals surface area contributed by atoms with E-state index >= 15 is 0 Å². The highest BCUT2D eigenvalue weighted by atomic mass is 19.1. The molecule has 21 heavy (non-hydrogen) atoms. The highest BCUT2D eigenvalue weighted by Gasteiger charge is 2.23. The predicted molar refractivity (Wildman–Crippen MR) is 81.9 cm³/mol. The van der Waals surface area contributed by atoms with E-state index in [0.29, 0.717) is 24.4 Å². The molecule has 118 valence electrons. The molecule has 0 aromatic heterocycles. The lowest BCUT2D eigenvalue weighted by atomic mass is 10.1. The first-order valence-electron chi connectivity index (χ1n) is 7.33. The summed E-state index contributed by atoms with van der Waals surface area (Å²) in [6.07, 6.45) is 0. The van der Waals surface area contributed by atoms with Crippen molar-refractivity contribution in [3.05, 3.63) is 29.6 Å². The molecule has 1 rings (SSSR count). The third-order valence-electron chi connectivity index (χ3n) is 3.61. The quantitative estimate of drug-likeness (QED) is 0.841. The van der Waals surface area contributed by atoms with E-state index in [4.69, 9.17) is 4.74 Å². The smallest absolute Gasteiger partial charge is 0.239 e. The van der Waals surface area contributed by atoms with Gasteiger partial charge in [-0.15, -0.1) is 0 Å². The maximum atomic E-state index is 14.0. The van der Waals surface area contributed by atoms with E-state index in [2.05, 4.69) is 5.32 Å². The number of methoxy groups -OCH3 is 1. The number of amides is 1. The Morgan fingerprint density at radius 2 is 1.95 bits per heavy atom. The van der Waals surface area contributed by atoms with Crippen LogP contribution in [0.2, 0.25) is 0 Å². The average Bonchev–Trinajstić information content (AvgIpc) is 2.47. The number of carbonyl (C=O) groups is 1. The molecule has 1 aromatic rings. The second-order valence-corrected chi connectivity index (χ2v) is 4.98. The van der Waals surface area contributed by atoms with Gasteiger partial charge in [-0.05, 0) is 39.8 Å². The lowest BCUT2D eigenvalue weighted by molar-refractivity contribution is -0.132. The maximum absolute atomic E-state index is 14.0. The summed E-state index contributed by atoms with van der Waals surface area (Å²) >= 11 is 0. The van der Waals surface area contributed by atoms with Crippen LogP contribution in [-0.4, -0.2) is 37.0 Å². The molecule has 1 aromatic carbocycles. The van der Waals surface area contributed by atoms with Crippen LogP contribution in [0.15, 0.2) is 18.2 Å². The number of benzene rings is 1. The van der Waals surface area contributed by atoms with Crippen LogP contribution in [0, 0.1) is 5.82 Å². The van der Waals surface area contributed by atoms with Gasteiger partial charge in [-0.1, -0.05) is 6.07 Å². The fourth-order valence-corrected chi connectivity index (χ4v) is 2.45. The van der Waals surface area contributed by atoms with Crippen molar-refractivity contribution in [1.29, 1.82) is 0 Å². The normalized spacial score (nSPS) is 13.6. The summed E-state index contributed by atoms with van der Waals surface area (Å²) in [7, 11) is 1.51. The molecule has 0 aliphatic rings. The zero-order valence-electron chi connectivity index (χ0n) is 13.4. The standard InChI is InChI=1S/C16H25FN2O2/c1-6-19(7-2)16(20)12(4)18-11(3)15-13(17)9-8-10-14(15)21-5/h8-12,18H,6-7H2,1-5H3. The van der Waals surface area contributed by atoms with Crippen LogP contribution in [0.3, 0.4) is 0 Å². The van der Waals surface area contributed by atoms with Crippen LogP contribution < -0.4 is 10.1 Å². The molecular weight excluding hydrogens is 271 g/mol. The Kier molecular flexibility index (Phi) is 6.62. The van der Waals surface area contributed by atoms with E-state index in [1.807, 2.05) is 20.8 Å². The van der Waals surface area contributed by atoms with Gasteiger partial charge in [-0.3, -0.25) is 10.1 Å². The molecule has 0 fully saturated rings. The number of hydrogen-bond acceptors (Lipinski definition) is 3. The van der Waals surface area contributed by atoms with Crippen LogP contribution in [-0.2, 0) is 4.79 Å². The first kappa shape index (κ1) is 17.4. The van der Waals surface area contributed by atoms with E-state index in [1.165, 1.54) is 13.2 Å².